The monoisotopic (exact) mass is 717 g/mol. The Hall–Kier alpha value is -7.50. The third-order valence-corrected chi connectivity index (χ3v) is 10.6. The van der Waals surface area contributed by atoms with Crippen molar-refractivity contribution in [1.82, 2.24) is 24.5 Å². The van der Waals surface area contributed by atoms with Crippen molar-refractivity contribution in [2.45, 2.75) is 6.92 Å². The summed E-state index contributed by atoms with van der Waals surface area (Å²) in [7, 11) is 0. The van der Waals surface area contributed by atoms with E-state index in [2.05, 4.69) is 153 Å². The van der Waals surface area contributed by atoms with E-state index in [0.717, 1.165) is 83.5 Å². The average molecular weight is 718 g/mol. The lowest BCUT2D eigenvalue weighted by Gasteiger charge is -2.12. The van der Waals surface area contributed by atoms with Crippen LogP contribution in [0.3, 0.4) is 0 Å². The molecule has 5 nitrogen and oxygen atoms in total. The minimum absolute atomic E-state index is 1.07. The Kier molecular flexibility index (Phi) is 8.30. The number of fused-ring (bicyclic) bond motifs is 3. The number of aromatic nitrogens is 5. The van der Waals surface area contributed by atoms with Crippen molar-refractivity contribution in [2.75, 3.05) is 0 Å². The SMILES string of the molecule is Cc1ccc(-n2c3ccc(-c4cc(-c5cccnc5)cc(-c5cccnc5)c4)cc3c3cc(-c4cc(-c5cccnc5)cc(-c5cccnc5)c4)ccc32)cc1. The summed E-state index contributed by atoms with van der Waals surface area (Å²) >= 11 is 0. The first-order valence-corrected chi connectivity index (χ1v) is 18.7. The van der Waals surface area contributed by atoms with Gasteiger partial charge in [-0.3, -0.25) is 19.9 Å². The molecule has 10 rings (SSSR count). The quantitative estimate of drug-likeness (QED) is 0.165. The first-order chi connectivity index (χ1) is 27.6. The van der Waals surface area contributed by atoms with Gasteiger partial charge >= 0.3 is 0 Å². The van der Waals surface area contributed by atoms with Gasteiger partial charge in [-0.15, -0.1) is 0 Å². The number of rotatable bonds is 7. The molecule has 0 saturated heterocycles. The zero-order valence-electron chi connectivity index (χ0n) is 30.7. The summed E-state index contributed by atoms with van der Waals surface area (Å²) in [5.74, 6) is 0. The number of aryl methyl sites for hydroxylation is 1. The van der Waals surface area contributed by atoms with E-state index in [9.17, 15) is 0 Å². The second-order valence-electron chi connectivity index (χ2n) is 14.2. The van der Waals surface area contributed by atoms with Crippen LogP contribution in [0.1, 0.15) is 5.56 Å². The fraction of sp³-hybridized carbons (Fsp3) is 0.0196. The van der Waals surface area contributed by atoms with Crippen LogP contribution in [0.2, 0.25) is 0 Å². The zero-order chi connectivity index (χ0) is 37.4. The molecule has 0 atom stereocenters. The van der Waals surface area contributed by atoms with Crippen LogP contribution < -0.4 is 0 Å². The molecule has 56 heavy (non-hydrogen) atoms. The number of hydrogen-bond acceptors (Lipinski definition) is 4. The zero-order valence-corrected chi connectivity index (χ0v) is 30.7. The van der Waals surface area contributed by atoms with E-state index >= 15 is 0 Å². The third-order valence-electron chi connectivity index (χ3n) is 10.6. The smallest absolute Gasteiger partial charge is 0.0541 e. The molecule has 0 spiro atoms. The van der Waals surface area contributed by atoms with Crippen LogP contribution in [0.5, 0.6) is 0 Å². The Morgan fingerprint density at radius 2 is 0.661 bits per heavy atom. The van der Waals surface area contributed by atoms with Gasteiger partial charge in [0.05, 0.1) is 11.0 Å². The lowest BCUT2D eigenvalue weighted by molar-refractivity contribution is 1.17. The molecular weight excluding hydrogens is 683 g/mol. The predicted octanol–water partition coefficient (Wildman–Crippen LogP) is 12.7. The largest absolute Gasteiger partial charge is 0.309 e. The van der Waals surface area contributed by atoms with E-state index in [4.69, 9.17) is 0 Å². The Morgan fingerprint density at radius 3 is 0.982 bits per heavy atom. The Bertz CT molecular complexity index is 2690. The van der Waals surface area contributed by atoms with Gasteiger partial charge in [0.2, 0.25) is 0 Å². The summed E-state index contributed by atoms with van der Waals surface area (Å²) < 4.78 is 2.39. The van der Waals surface area contributed by atoms with E-state index in [1.807, 2.05) is 73.8 Å². The molecule has 10 aromatic rings. The summed E-state index contributed by atoms with van der Waals surface area (Å²) in [5, 5.41) is 2.37. The first kappa shape index (κ1) is 33.1. The van der Waals surface area contributed by atoms with Gasteiger partial charge in [-0.25, -0.2) is 0 Å². The summed E-state index contributed by atoms with van der Waals surface area (Å²) in [5.41, 5.74) is 17.9. The molecule has 264 valence electrons. The van der Waals surface area contributed by atoms with Crippen molar-refractivity contribution in [3.05, 3.63) is 201 Å². The minimum atomic E-state index is 1.07. The lowest BCUT2D eigenvalue weighted by Crippen LogP contribution is -1.94. The Morgan fingerprint density at radius 1 is 0.321 bits per heavy atom. The molecule has 5 aromatic carbocycles. The molecular formula is C51H35N5. The molecule has 0 N–H and O–H groups in total. The molecule has 0 aliphatic heterocycles. The highest BCUT2D eigenvalue weighted by Crippen LogP contribution is 2.40. The molecule has 0 saturated carbocycles. The predicted molar refractivity (Wildman–Crippen MR) is 229 cm³/mol. The molecule has 5 aromatic heterocycles. The highest BCUT2D eigenvalue weighted by molar-refractivity contribution is 6.12. The molecule has 0 aliphatic rings. The molecule has 0 fully saturated rings. The van der Waals surface area contributed by atoms with Crippen LogP contribution in [0.4, 0.5) is 0 Å². The van der Waals surface area contributed by atoms with Gasteiger partial charge in [0.25, 0.3) is 0 Å². The standard InChI is InChI=1S/C51H35N5/c1-34-10-14-47(15-11-34)56-50-16-12-35(41-22-43(37-6-2-18-52-30-37)26-44(23-41)38-7-3-19-53-31-38)28-48(50)49-29-36(13-17-51(49)56)42-24-45(39-8-4-20-54-32-39)27-46(25-42)40-9-5-21-55-33-40/h2-33H,1H3. The maximum Gasteiger partial charge on any atom is 0.0541 e. The fourth-order valence-electron chi connectivity index (χ4n) is 7.74. The topological polar surface area (TPSA) is 56.5 Å². The highest BCUT2D eigenvalue weighted by atomic mass is 15.0. The highest BCUT2D eigenvalue weighted by Gasteiger charge is 2.17. The number of benzene rings is 5. The minimum Gasteiger partial charge on any atom is -0.309 e. The Labute approximate surface area is 325 Å². The number of nitrogens with zero attached hydrogens (tertiary/aromatic N) is 5. The van der Waals surface area contributed by atoms with Gasteiger partial charge in [-0.2, -0.15) is 0 Å². The molecule has 0 bridgehead atoms. The summed E-state index contributed by atoms with van der Waals surface area (Å²) in [6, 6.07) is 52.5. The van der Waals surface area contributed by atoms with Gasteiger partial charge in [0.15, 0.2) is 0 Å². The summed E-state index contributed by atoms with van der Waals surface area (Å²) in [6.45, 7) is 2.13. The second kappa shape index (κ2) is 14.0. The fourth-order valence-corrected chi connectivity index (χ4v) is 7.74. The van der Waals surface area contributed by atoms with Crippen molar-refractivity contribution in [2.24, 2.45) is 0 Å². The second-order valence-corrected chi connectivity index (χ2v) is 14.2. The van der Waals surface area contributed by atoms with Crippen molar-refractivity contribution in [1.29, 1.82) is 0 Å². The third kappa shape index (κ3) is 6.21. The van der Waals surface area contributed by atoms with E-state index in [1.54, 1.807) is 0 Å². The van der Waals surface area contributed by atoms with Crippen molar-refractivity contribution < 1.29 is 0 Å². The van der Waals surface area contributed by atoms with Crippen molar-refractivity contribution in [3.63, 3.8) is 0 Å². The van der Waals surface area contributed by atoms with Crippen LogP contribution in [0.15, 0.2) is 195 Å². The van der Waals surface area contributed by atoms with E-state index < -0.39 is 0 Å². The molecule has 0 unspecified atom stereocenters. The van der Waals surface area contributed by atoms with Gasteiger partial charge in [-0.1, -0.05) is 54.1 Å². The van der Waals surface area contributed by atoms with Crippen LogP contribution in [-0.2, 0) is 0 Å². The van der Waals surface area contributed by atoms with Gasteiger partial charge in [0.1, 0.15) is 0 Å². The lowest BCUT2D eigenvalue weighted by atomic mass is 9.93. The average Bonchev–Trinajstić information content (AvgIpc) is 3.60. The number of hydrogen-bond donors (Lipinski definition) is 0. The van der Waals surface area contributed by atoms with E-state index in [0.29, 0.717) is 0 Å². The molecule has 0 aliphatic carbocycles. The first-order valence-electron chi connectivity index (χ1n) is 18.7. The van der Waals surface area contributed by atoms with E-state index in [1.165, 1.54) is 16.3 Å². The molecule has 0 amide bonds. The van der Waals surface area contributed by atoms with Crippen LogP contribution in [0.25, 0.3) is 94.3 Å². The van der Waals surface area contributed by atoms with Gasteiger partial charge in [0, 0.05) is 88.3 Å². The maximum atomic E-state index is 4.43. The van der Waals surface area contributed by atoms with Gasteiger partial charge in [-0.05, 0) is 148 Å². The number of pyridine rings is 4. The van der Waals surface area contributed by atoms with E-state index in [-0.39, 0.29) is 0 Å². The Balaban J connectivity index is 1.20. The summed E-state index contributed by atoms with van der Waals surface area (Å²) in [4.78, 5) is 17.7. The van der Waals surface area contributed by atoms with Crippen LogP contribution in [-0.4, -0.2) is 24.5 Å². The normalized spacial score (nSPS) is 11.3. The maximum absolute atomic E-state index is 4.43. The van der Waals surface area contributed by atoms with Gasteiger partial charge < -0.3 is 4.57 Å². The van der Waals surface area contributed by atoms with Crippen LogP contribution >= 0.6 is 0 Å². The van der Waals surface area contributed by atoms with Crippen molar-refractivity contribution >= 4 is 21.8 Å². The molecule has 5 heteroatoms. The molecule has 0 radical (unpaired) electrons. The summed E-state index contributed by atoms with van der Waals surface area (Å²) in [6.07, 6.45) is 15.0. The van der Waals surface area contributed by atoms with Crippen LogP contribution in [0, 0.1) is 6.92 Å². The van der Waals surface area contributed by atoms with Crippen molar-refractivity contribution in [3.8, 4) is 72.4 Å². The molecule has 5 heterocycles.